The molecule has 2 atom stereocenters. The molecule has 26 heavy (non-hydrogen) atoms. The van der Waals surface area contributed by atoms with E-state index in [9.17, 15) is 14.8 Å². The molecule has 0 radical (unpaired) electrons. The fraction of sp³-hybridized carbons (Fsp3) is 0.529. The Kier molecular flexibility index (Phi) is 10.8. The van der Waals surface area contributed by atoms with Crippen molar-refractivity contribution in [2.45, 2.75) is 25.3 Å². The number of amides is 3. The third-order valence-corrected chi connectivity index (χ3v) is 4.36. The Morgan fingerprint density at radius 3 is 2.77 bits per heavy atom. The van der Waals surface area contributed by atoms with Gasteiger partial charge in [0.05, 0.1) is 12.6 Å². The number of benzene rings is 1. The summed E-state index contributed by atoms with van der Waals surface area (Å²) in [6, 6.07) is 7.21. The summed E-state index contributed by atoms with van der Waals surface area (Å²) in [6.07, 6.45) is 2.15. The molecule has 0 bridgehead atoms. The minimum absolute atomic E-state index is 0. The molecule has 0 aliphatic carbocycles. The van der Waals surface area contributed by atoms with E-state index in [2.05, 4.69) is 10.6 Å². The monoisotopic (exact) mass is 607 g/mol. The molecule has 2 fully saturated rings. The smallest absolute Gasteiger partial charge is 0.321 e. The van der Waals surface area contributed by atoms with E-state index in [0.29, 0.717) is 30.5 Å². The first-order chi connectivity index (χ1) is 12.0. The second-order valence-electron chi connectivity index (χ2n) is 6.10. The Balaban J connectivity index is 0.000000290. The van der Waals surface area contributed by atoms with Crippen LogP contribution in [0.15, 0.2) is 24.3 Å². The predicted octanol–water partition coefficient (Wildman–Crippen LogP) is 2.34. The minimum Gasteiger partial charge on any atom is -0.381 e. The second kappa shape index (κ2) is 12.0. The van der Waals surface area contributed by atoms with Gasteiger partial charge in [-0.1, -0.05) is 23.7 Å². The summed E-state index contributed by atoms with van der Waals surface area (Å²) in [5, 5.41) is 16.4. The van der Waals surface area contributed by atoms with Crippen molar-refractivity contribution in [3.63, 3.8) is 0 Å². The Labute approximate surface area is 182 Å². The van der Waals surface area contributed by atoms with Gasteiger partial charge in [0.2, 0.25) is 5.91 Å². The van der Waals surface area contributed by atoms with Gasteiger partial charge in [-0.25, -0.2) is 4.79 Å². The fourth-order valence-corrected chi connectivity index (χ4v) is 3.17. The molecule has 2 saturated heterocycles. The number of nitrogens with one attached hydrogen (secondary N) is 2. The van der Waals surface area contributed by atoms with Crippen molar-refractivity contribution in [2.75, 3.05) is 26.8 Å². The first-order valence-electron chi connectivity index (χ1n) is 8.30. The van der Waals surface area contributed by atoms with Crippen LogP contribution in [0.5, 0.6) is 0 Å². The maximum absolute atomic E-state index is 10.5. The zero-order chi connectivity index (χ0) is 18.2. The van der Waals surface area contributed by atoms with E-state index >= 15 is 0 Å². The van der Waals surface area contributed by atoms with Crippen LogP contribution in [0, 0.1) is 37.0 Å². The Bertz CT molecular complexity index is 581. The van der Waals surface area contributed by atoms with Crippen LogP contribution in [0.2, 0.25) is 5.02 Å². The predicted molar refractivity (Wildman–Crippen MR) is 93.4 cm³/mol. The van der Waals surface area contributed by atoms with Gasteiger partial charge in [-0.2, -0.15) is 5.06 Å². The molecule has 3 amide bonds. The second-order valence-corrected chi connectivity index (χ2v) is 6.54. The molecular formula is C17H24ClN3O4U. The number of urea groups is 1. The van der Waals surface area contributed by atoms with Crippen molar-refractivity contribution >= 4 is 23.5 Å². The molecule has 2 heterocycles. The Morgan fingerprint density at radius 2 is 2.15 bits per heavy atom. The number of hydroxylamine groups is 2. The number of ether oxygens (including phenoxy) is 1. The van der Waals surface area contributed by atoms with Crippen molar-refractivity contribution < 1.29 is 50.6 Å². The van der Waals surface area contributed by atoms with Crippen LogP contribution in [0.25, 0.3) is 0 Å². The van der Waals surface area contributed by atoms with E-state index in [1.807, 2.05) is 24.3 Å². The minimum atomic E-state index is -0.377. The molecule has 3 N–H and O–H groups in total. The van der Waals surface area contributed by atoms with Crippen LogP contribution in [0.4, 0.5) is 4.79 Å². The van der Waals surface area contributed by atoms with Crippen LogP contribution in [-0.2, 0) is 9.53 Å². The Hall–Kier alpha value is -0.618. The Morgan fingerprint density at radius 1 is 1.38 bits per heavy atom. The molecule has 0 aromatic heterocycles. The number of halogens is 1. The molecule has 7 nitrogen and oxygen atoms in total. The number of nitrogens with zero attached hydrogens (tertiary/aromatic N) is 1. The van der Waals surface area contributed by atoms with E-state index in [-0.39, 0.29) is 49.1 Å². The average molecular weight is 608 g/mol. The summed E-state index contributed by atoms with van der Waals surface area (Å²) in [5.74, 6) is 0.137. The van der Waals surface area contributed by atoms with Gasteiger partial charge in [-0.15, -0.1) is 0 Å². The van der Waals surface area contributed by atoms with Crippen LogP contribution in [0.1, 0.15) is 30.9 Å². The van der Waals surface area contributed by atoms with Crippen molar-refractivity contribution in [2.24, 2.45) is 5.92 Å². The molecule has 9 heteroatoms. The van der Waals surface area contributed by atoms with Crippen LogP contribution < -0.4 is 10.6 Å². The molecule has 0 saturated carbocycles. The van der Waals surface area contributed by atoms with Gasteiger partial charge in [0, 0.05) is 68.7 Å². The third kappa shape index (κ3) is 7.55. The van der Waals surface area contributed by atoms with Crippen LogP contribution in [-0.4, -0.2) is 49.0 Å². The molecule has 2 aliphatic heterocycles. The number of rotatable bonds is 3. The zero-order valence-electron chi connectivity index (χ0n) is 14.7. The SMILES string of the molecule is CN(O)C(c1cccc(Cl)c1)C1CCOC1.O=C1CCCNC(=O)N1.[U]. The molecule has 1 aromatic rings. The molecule has 3 rings (SSSR count). The summed E-state index contributed by atoms with van der Waals surface area (Å²) in [7, 11) is 1.67. The first-order valence-corrected chi connectivity index (χ1v) is 8.67. The third-order valence-electron chi connectivity index (χ3n) is 4.12. The number of hydrogen-bond donors (Lipinski definition) is 3. The van der Waals surface area contributed by atoms with Crippen molar-refractivity contribution in [3.8, 4) is 0 Å². The molecule has 2 aliphatic rings. The van der Waals surface area contributed by atoms with E-state index < -0.39 is 0 Å². The summed E-state index contributed by atoms with van der Waals surface area (Å²) < 4.78 is 5.37. The molecule has 1 aromatic carbocycles. The molecule has 0 spiro atoms. The van der Waals surface area contributed by atoms with E-state index in [4.69, 9.17) is 16.3 Å². The number of hydrogen-bond acceptors (Lipinski definition) is 5. The van der Waals surface area contributed by atoms with Crippen molar-refractivity contribution in [3.05, 3.63) is 34.9 Å². The van der Waals surface area contributed by atoms with Crippen LogP contribution >= 0.6 is 11.6 Å². The standard InChI is InChI=1S/C12H16ClNO2.C5H8N2O2.U/c1-14(15)12(10-5-6-16-8-10)9-3-2-4-11(13)7-9;8-4-2-1-3-6-5(9)7-4;/h2-4,7,10,12,15H,5-6,8H2,1H3;1-3H2,(H2,6,7,8,9);. The average Bonchev–Trinajstić information content (AvgIpc) is 2.99. The quantitative estimate of drug-likeness (QED) is 0.459. The van der Waals surface area contributed by atoms with Gasteiger partial charge < -0.3 is 15.3 Å². The van der Waals surface area contributed by atoms with Gasteiger partial charge in [0.25, 0.3) is 0 Å². The molecule has 142 valence electrons. The number of carbonyl (C=O) groups excluding carboxylic acids is 2. The molecule has 2 unspecified atom stereocenters. The summed E-state index contributed by atoms with van der Waals surface area (Å²) in [5.41, 5.74) is 1.04. The maximum Gasteiger partial charge on any atom is 0.321 e. The summed E-state index contributed by atoms with van der Waals surface area (Å²) in [4.78, 5) is 21.0. The normalized spacial score (nSPS) is 20.8. The largest absolute Gasteiger partial charge is 0.381 e. The molecular weight excluding hydrogens is 584 g/mol. The summed E-state index contributed by atoms with van der Waals surface area (Å²) >= 11 is 5.97. The van der Waals surface area contributed by atoms with E-state index in [0.717, 1.165) is 25.0 Å². The summed E-state index contributed by atoms with van der Waals surface area (Å²) in [6.45, 7) is 2.06. The van der Waals surface area contributed by atoms with Gasteiger partial charge in [0.1, 0.15) is 0 Å². The van der Waals surface area contributed by atoms with E-state index in [1.165, 1.54) is 5.06 Å². The topological polar surface area (TPSA) is 90.9 Å². The van der Waals surface area contributed by atoms with Crippen LogP contribution in [0.3, 0.4) is 0 Å². The maximum atomic E-state index is 10.5. The zero-order valence-corrected chi connectivity index (χ0v) is 19.6. The van der Waals surface area contributed by atoms with Gasteiger partial charge in [-0.05, 0) is 30.5 Å². The number of imide groups is 1. The van der Waals surface area contributed by atoms with E-state index in [1.54, 1.807) is 7.05 Å². The first kappa shape index (κ1) is 23.4. The van der Waals surface area contributed by atoms with Gasteiger partial charge in [-0.3, -0.25) is 10.1 Å². The van der Waals surface area contributed by atoms with Gasteiger partial charge >= 0.3 is 6.03 Å². The van der Waals surface area contributed by atoms with Gasteiger partial charge in [0.15, 0.2) is 0 Å². The fourth-order valence-electron chi connectivity index (χ4n) is 2.97. The van der Waals surface area contributed by atoms with Crippen molar-refractivity contribution in [1.29, 1.82) is 0 Å². The van der Waals surface area contributed by atoms with Crippen molar-refractivity contribution in [1.82, 2.24) is 15.7 Å². The number of carbonyl (C=O) groups is 2.